The third-order valence-corrected chi connectivity index (χ3v) is 3.31. The third-order valence-electron chi connectivity index (χ3n) is 3.31. The molecule has 2 N–H and O–H groups in total. The van der Waals surface area contributed by atoms with E-state index in [1.807, 2.05) is 12.1 Å². The molecule has 0 saturated carbocycles. The minimum atomic E-state index is -0.603. The van der Waals surface area contributed by atoms with Crippen LogP contribution in [0.4, 0.5) is 16.4 Å². The van der Waals surface area contributed by atoms with E-state index in [0.717, 1.165) is 0 Å². The first kappa shape index (κ1) is 17.4. The van der Waals surface area contributed by atoms with Crippen molar-refractivity contribution in [2.75, 3.05) is 10.6 Å². The van der Waals surface area contributed by atoms with Gasteiger partial charge in [-0.2, -0.15) is 0 Å². The zero-order chi connectivity index (χ0) is 18.7. The number of aromatic nitrogens is 3. The normalized spacial score (nSPS) is 11.2. The van der Waals surface area contributed by atoms with E-state index in [9.17, 15) is 9.59 Å². The molecule has 3 rings (SSSR count). The monoisotopic (exact) mass is 353 g/mol. The van der Waals surface area contributed by atoms with Crippen molar-refractivity contribution in [3.05, 3.63) is 54.2 Å². The number of amides is 2. The molecular weight excluding hydrogens is 334 g/mol. The van der Waals surface area contributed by atoms with Crippen molar-refractivity contribution < 1.29 is 14.3 Å². The Labute approximate surface area is 150 Å². The smallest absolute Gasteiger partial charge is 0.412 e. The van der Waals surface area contributed by atoms with Crippen molar-refractivity contribution in [2.45, 2.75) is 26.4 Å². The molecule has 2 heterocycles. The van der Waals surface area contributed by atoms with Crippen molar-refractivity contribution in [1.29, 1.82) is 0 Å². The molecule has 0 spiro atoms. The van der Waals surface area contributed by atoms with Gasteiger partial charge in [0.1, 0.15) is 5.60 Å². The molecule has 0 fully saturated rings. The predicted molar refractivity (Wildman–Crippen MR) is 97.2 cm³/mol. The Morgan fingerprint density at radius 1 is 1.04 bits per heavy atom. The number of hydrogen-bond donors (Lipinski definition) is 2. The van der Waals surface area contributed by atoms with Gasteiger partial charge in [0.15, 0.2) is 5.65 Å². The van der Waals surface area contributed by atoms with Crippen molar-refractivity contribution in [3.63, 3.8) is 0 Å². The largest absolute Gasteiger partial charge is 0.444 e. The molecule has 0 radical (unpaired) electrons. The number of carbonyl (C=O) groups excluding carboxylic acids is 2. The lowest BCUT2D eigenvalue weighted by atomic mass is 10.2. The summed E-state index contributed by atoms with van der Waals surface area (Å²) in [4.78, 5) is 24.3. The second-order valence-electron chi connectivity index (χ2n) is 6.61. The number of rotatable bonds is 3. The summed E-state index contributed by atoms with van der Waals surface area (Å²) in [7, 11) is 0. The zero-order valence-electron chi connectivity index (χ0n) is 14.7. The number of nitrogens with zero attached hydrogens (tertiary/aromatic N) is 3. The lowest BCUT2D eigenvalue weighted by Gasteiger charge is -2.19. The molecule has 2 amide bonds. The maximum atomic E-state index is 12.5. The predicted octanol–water partition coefficient (Wildman–Crippen LogP) is 3.33. The summed E-state index contributed by atoms with van der Waals surface area (Å²) in [5.41, 5.74) is 0.848. The van der Waals surface area contributed by atoms with E-state index in [0.29, 0.717) is 22.8 Å². The van der Waals surface area contributed by atoms with Gasteiger partial charge in [-0.1, -0.05) is 12.1 Å². The molecule has 1 aromatic carbocycles. The van der Waals surface area contributed by atoms with E-state index < -0.39 is 11.7 Å². The van der Waals surface area contributed by atoms with Crippen LogP contribution >= 0.6 is 0 Å². The molecule has 0 unspecified atom stereocenters. The number of anilines is 2. The standard InChI is InChI=1S/C18H19N5O3/c1-18(2,3)26-17(25)19-13-8-6-7-12(11-13)15(24)20-16-22-21-14-9-4-5-10-23(14)16/h4-11H,1-3H3,(H,19,25)(H,20,22,24). The van der Waals surface area contributed by atoms with Crippen LogP contribution in [-0.2, 0) is 4.74 Å². The fourth-order valence-corrected chi connectivity index (χ4v) is 2.26. The van der Waals surface area contributed by atoms with Gasteiger partial charge in [-0.3, -0.25) is 19.8 Å². The van der Waals surface area contributed by atoms with E-state index in [-0.39, 0.29) is 5.91 Å². The summed E-state index contributed by atoms with van der Waals surface area (Å²) < 4.78 is 6.87. The first-order valence-corrected chi connectivity index (χ1v) is 8.03. The molecule has 26 heavy (non-hydrogen) atoms. The van der Waals surface area contributed by atoms with Crippen LogP contribution in [0.5, 0.6) is 0 Å². The summed E-state index contributed by atoms with van der Waals surface area (Å²) in [5, 5.41) is 13.3. The Morgan fingerprint density at radius 3 is 2.62 bits per heavy atom. The van der Waals surface area contributed by atoms with Gasteiger partial charge in [0.25, 0.3) is 5.91 Å². The Balaban J connectivity index is 1.73. The maximum Gasteiger partial charge on any atom is 0.412 e. The molecule has 0 aliphatic heterocycles. The Morgan fingerprint density at radius 2 is 1.85 bits per heavy atom. The second-order valence-corrected chi connectivity index (χ2v) is 6.61. The molecule has 8 heteroatoms. The number of pyridine rings is 1. The molecule has 0 atom stereocenters. The zero-order valence-corrected chi connectivity index (χ0v) is 14.7. The highest BCUT2D eigenvalue weighted by atomic mass is 16.6. The fraction of sp³-hybridized carbons (Fsp3) is 0.222. The van der Waals surface area contributed by atoms with Gasteiger partial charge < -0.3 is 4.74 Å². The van der Waals surface area contributed by atoms with Crippen molar-refractivity contribution in [2.24, 2.45) is 0 Å². The van der Waals surface area contributed by atoms with E-state index in [2.05, 4.69) is 20.8 Å². The summed E-state index contributed by atoms with van der Waals surface area (Å²) in [6.07, 6.45) is 1.17. The SMILES string of the molecule is CC(C)(C)OC(=O)Nc1cccc(C(=O)Nc2nnc3ccccn23)c1. The van der Waals surface area contributed by atoms with Gasteiger partial charge in [0.2, 0.25) is 5.95 Å². The van der Waals surface area contributed by atoms with Crippen molar-refractivity contribution >= 4 is 29.3 Å². The lowest BCUT2D eigenvalue weighted by molar-refractivity contribution is 0.0635. The molecule has 3 aromatic rings. The minimum absolute atomic E-state index is 0.316. The average Bonchev–Trinajstić information content (AvgIpc) is 2.96. The van der Waals surface area contributed by atoms with Crippen LogP contribution < -0.4 is 10.6 Å². The van der Waals surface area contributed by atoms with Crippen molar-refractivity contribution in [1.82, 2.24) is 14.6 Å². The minimum Gasteiger partial charge on any atom is -0.444 e. The Hall–Kier alpha value is -3.42. The van der Waals surface area contributed by atoms with Gasteiger partial charge in [-0.15, -0.1) is 10.2 Å². The van der Waals surface area contributed by atoms with Crippen LogP contribution in [-0.4, -0.2) is 32.2 Å². The van der Waals surface area contributed by atoms with E-state index >= 15 is 0 Å². The summed E-state index contributed by atoms with van der Waals surface area (Å²) in [5.74, 6) is -0.0490. The molecular formula is C18H19N5O3. The second kappa shape index (κ2) is 6.83. The highest BCUT2D eigenvalue weighted by Gasteiger charge is 2.17. The topological polar surface area (TPSA) is 97.6 Å². The third kappa shape index (κ3) is 4.15. The molecule has 2 aromatic heterocycles. The van der Waals surface area contributed by atoms with Crippen molar-refractivity contribution in [3.8, 4) is 0 Å². The molecule has 0 aliphatic rings. The Kier molecular flexibility index (Phi) is 4.57. The van der Waals surface area contributed by atoms with Gasteiger partial charge >= 0.3 is 6.09 Å². The van der Waals surface area contributed by atoms with E-state index in [1.54, 1.807) is 61.7 Å². The van der Waals surface area contributed by atoms with Gasteiger partial charge in [-0.05, 0) is 51.1 Å². The number of carbonyl (C=O) groups is 2. The highest BCUT2D eigenvalue weighted by molar-refractivity contribution is 6.04. The van der Waals surface area contributed by atoms with Crippen LogP contribution in [0.25, 0.3) is 5.65 Å². The van der Waals surface area contributed by atoms with Crippen LogP contribution in [0, 0.1) is 0 Å². The number of hydrogen-bond acceptors (Lipinski definition) is 5. The molecule has 8 nitrogen and oxygen atoms in total. The first-order valence-electron chi connectivity index (χ1n) is 8.03. The van der Waals surface area contributed by atoms with Crippen LogP contribution in [0.2, 0.25) is 0 Å². The maximum absolute atomic E-state index is 12.5. The summed E-state index contributed by atoms with van der Waals surface area (Å²) in [6, 6.07) is 12.0. The summed E-state index contributed by atoms with van der Waals surface area (Å²) >= 11 is 0. The highest BCUT2D eigenvalue weighted by Crippen LogP contribution is 2.15. The fourth-order valence-electron chi connectivity index (χ4n) is 2.26. The summed E-state index contributed by atoms with van der Waals surface area (Å²) in [6.45, 7) is 5.33. The molecule has 0 saturated heterocycles. The molecule has 134 valence electrons. The average molecular weight is 353 g/mol. The van der Waals surface area contributed by atoms with E-state index in [4.69, 9.17) is 4.74 Å². The number of nitrogens with one attached hydrogen (secondary N) is 2. The molecule has 0 bridgehead atoms. The number of ether oxygens (including phenoxy) is 1. The first-order chi connectivity index (χ1) is 12.3. The van der Waals surface area contributed by atoms with E-state index in [1.165, 1.54) is 0 Å². The van der Waals surface area contributed by atoms with Crippen LogP contribution in [0.1, 0.15) is 31.1 Å². The lowest BCUT2D eigenvalue weighted by Crippen LogP contribution is -2.27. The van der Waals surface area contributed by atoms with Gasteiger partial charge in [0.05, 0.1) is 0 Å². The van der Waals surface area contributed by atoms with Crippen LogP contribution in [0.3, 0.4) is 0 Å². The molecule has 0 aliphatic carbocycles. The van der Waals surface area contributed by atoms with Gasteiger partial charge in [0, 0.05) is 17.4 Å². The number of benzene rings is 1. The number of fused-ring (bicyclic) bond motifs is 1. The van der Waals surface area contributed by atoms with Crippen LogP contribution in [0.15, 0.2) is 48.7 Å². The Bertz CT molecular complexity index is 959. The van der Waals surface area contributed by atoms with Gasteiger partial charge in [-0.25, -0.2) is 4.79 Å². The quantitative estimate of drug-likeness (QED) is 0.753.